The molecule has 0 heterocycles. The molecule has 0 aliphatic heterocycles. The van der Waals surface area contributed by atoms with Gasteiger partial charge in [0.1, 0.15) is 0 Å². The average molecular weight is 372 g/mol. The van der Waals surface area contributed by atoms with Crippen molar-refractivity contribution in [2.24, 2.45) is 5.73 Å². The number of amides is 3. The van der Waals surface area contributed by atoms with E-state index in [2.05, 4.69) is 42.7 Å². The summed E-state index contributed by atoms with van der Waals surface area (Å²) in [6, 6.07) is 13.7. The summed E-state index contributed by atoms with van der Waals surface area (Å²) in [5.74, 6) is -0.0290. The summed E-state index contributed by atoms with van der Waals surface area (Å²) in [5.41, 5.74) is 8.34. The predicted octanol–water partition coefficient (Wildman–Crippen LogP) is 4.23. The Balaban J connectivity index is 1.78. The lowest BCUT2D eigenvalue weighted by Gasteiger charge is -2.08. The van der Waals surface area contributed by atoms with Crippen LogP contribution in [0.15, 0.2) is 52.3 Å². The Morgan fingerprint density at radius 1 is 0.962 bits per heavy atom. The highest BCUT2D eigenvalue weighted by Gasteiger charge is 2.04. The molecule has 138 valence electrons. The fourth-order valence-corrected chi connectivity index (χ4v) is 3.28. The summed E-state index contributed by atoms with van der Waals surface area (Å²) in [6.07, 6.45) is 1.84. The molecular weight excluding hydrogens is 346 g/mol. The number of primary amides is 1. The smallest absolute Gasteiger partial charge is 0.312 e. The molecule has 2 aromatic rings. The molecule has 4 N–H and O–H groups in total. The van der Waals surface area contributed by atoms with Gasteiger partial charge in [-0.15, -0.1) is 0 Å². The predicted molar refractivity (Wildman–Crippen MR) is 107 cm³/mol. The zero-order valence-corrected chi connectivity index (χ0v) is 16.0. The Labute approximate surface area is 158 Å². The molecule has 5 nitrogen and oxygen atoms in total. The number of carbonyl (C=O) groups excluding carboxylic acids is 2. The fourth-order valence-electron chi connectivity index (χ4n) is 2.37. The van der Waals surface area contributed by atoms with Crippen molar-refractivity contribution in [3.05, 3.63) is 53.6 Å². The SMILES string of the molecule is Cc1ccc(Sc2ccc(NC(=O)CCCCNC(N)=O)cc2)cc1C. The minimum absolute atomic E-state index is 0.0290. The third-order valence-electron chi connectivity index (χ3n) is 3.98. The van der Waals surface area contributed by atoms with Gasteiger partial charge in [0.2, 0.25) is 5.91 Å². The van der Waals surface area contributed by atoms with Crippen molar-refractivity contribution in [1.29, 1.82) is 0 Å². The number of unbranched alkanes of at least 4 members (excludes halogenated alkanes) is 1. The van der Waals surface area contributed by atoms with Gasteiger partial charge in [-0.2, -0.15) is 0 Å². The van der Waals surface area contributed by atoms with Gasteiger partial charge in [-0.1, -0.05) is 17.8 Å². The van der Waals surface area contributed by atoms with Gasteiger partial charge in [-0.25, -0.2) is 4.79 Å². The van der Waals surface area contributed by atoms with Crippen molar-refractivity contribution in [3.63, 3.8) is 0 Å². The van der Waals surface area contributed by atoms with Crippen molar-refractivity contribution in [2.75, 3.05) is 11.9 Å². The van der Waals surface area contributed by atoms with Crippen molar-refractivity contribution in [2.45, 2.75) is 42.9 Å². The van der Waals surface area contributed by atoms with Gasteiger partial charge in [0.15, 0.2) is 0 Å². The number of carbonyl (C=O) groups is 2. The Morgan fingerprint density at radius 3 is 2.31 bits per heavy atom. The molecule has 0 aliphatic rings. The molecule has 0 aromatic heterocycles. The number of benzene rings is 2. The topological polar surface area (TPSA) is 84.2 Å². The van der Waals surface area contributed by atoms with Gasteiger partial charge in [0.25, 0.3) is 0 Å². The van der Waals surface area contributed by atoms with E-state index in [1.165, 1.54) is 16.0 Å². The van der Waals surface area contributed by atoms with Crippen molar-refractivity contribution in [3.8, 4) is 0 Å². The van der Waals surface area contributed by atoms with Gasteiger partial charge in [-0.05, 0) is 74.2 Å². The van der Waals surface area contributed by atoms with Gasteiger partial charge in [-0.3, -0.25) is 4.79 Å². The second-order valence-corrected chi connectivity index (χ2v) is 7.32. The molecule has 2 aromatic carbocycles. The first-order chi connectivity index (χ1) is 12.4. The van der Waals surface area contributed by atoms with Gasteiger partial charge >= 0.3 is 6.03 Å². The number of hydrogen-bond acceptors (Lipinski definition) is 3. The van der Waals surface area contributed by atoms with Crippen LogP contribution in [0.4, 0.5) is 10.5 Å². The fraction of sp³-hybridized carbons (Fsp3) is 0.300. The second-order valence-electron chi connectivity index (χ2n) is 6.17. The molecule has 26 heavy (non-hydrogen) atoms. The zero-order valence-electron chi connectivity index (χ0n) is 15.2. The number of aryl methyl sites for hydroxylation is 2. The first-order valence-corrected chi connectivity index (χ1v) is 9.44. The van der Waals surface area contributed by atoms with Crippen LogP contribution in [0, 0.1) is 13.8 Å². The molecule has 0 unspecified atom stereocenters. The first-order valence-electron chi connectivity index (χ1n) is 8.62. The number of nitrogens with one attached hydrogen (secondary N) is 2. The molecular formula is C20H25N3O2S. The third kappa shape index (κ3) is 6.80. The average Bonchev–Trinajstić information content (AvgIpc) is 2.59. The maximum Gasteiger partial charge on any atom is 0.312 e. The van der Waals surface area contributed by atoms with E-state index in [1.54, 1.807) is 11.8 Å². The summed E-state index contributed by atoms with van der Waals surface area (Å²) in [5, 5.41) is 5.40. The summed E-state index contributed by atoms with van der Waals surface area (Å²) >= 11 is 1.70. The Hall–Kier alpha value is -2.47. The van der Waals surface area contributed by atoms with E-state index in [1.807, 2.05) is 24.3 Å². The molecule has 0 fully saturated rings. The van der Waals surface area contributed by atoms with Crippen LogP contribution in [0.25, 0.3) is 0 Å². The van der Waals surface area contributed by atoms with Crippen LogP contribution in [0.2, 0.25) is 0 Å². The highest BCUT2D eigenvalue weighted by Crippen LogP contribution is 2.29. The Morgan fingerprint density at radius 2 is 1.65 bits per heavy atom. The van der Waals surface area contributed by atoms with Crippen molar-refractivity contribution < 1.29 is 9.59 Å². The van der Waals surface area contributed by atoms with Crippen LogP contribution >= 0.6 is 11.8 Å². The Bertz CT molecular complexity index is 760. The zero-order chi connectivity index (χ0) is 18.9. The molecule has 0 aliphatic carbocycles. The van der Waals surface area contributed by atoms with E-state index in [-0.39, 0.29) is 5.91 Å². The summed E-state index contributed by atoms with van der Waals surface area (Å²) in [7, 11) is 0. The van der Waals surface area contributed by atoms with Crippen LogP contribution in [0.1, 0.15) is 30.4 Å². The second kappa shape index (κ2) is 9.87. The van der Waals surface area contributed by atoms with Crippen LogP contribution in [-0.2, 0) is 4.79 Å². The minimum atomic E-state index is -0.534. The largest absolute Gasteiger partial charge is 0.352 e. The summed E-state index contributed by atoms with van der Waals surface area (Å²) < 4.78 is 0. The number of rotatable bonds is 8. The van der Waals surface area contributed by atoms with Gasteiger partial charge in [0, 0.05) is 28.4 Å². The van der Waals surface area contributed by atoms with E-state index in [0.717, 1.165) is 17.0 Å². The number of hydrogen-bond donors (Lipinski definition) is 3. The Kier molecular flexibility index (Phi) is 7.53. The molecule has 0 bridgehead atoms. The maximum atomic E-state index is 11.9. The van der Waals surface area contributed by atoms with E-state index in [0.29, 0.717) is 19.4 Å². The maximum absolute atomic E-state index is 11.9. The quantitative estimate of drug-likeness (QED) is 0.607. The van der Waals surface area contributed by atoms with Crippen molar-refractivity contribution >= 4 is 29.4 Å². The molecule has 0 saturated carbocycles. The standard InChI is InChI=1S/C20H25N3O2S/c1-14-6-9-18(13-15(14)2)26-17-10-7-16(8-11-17)23-19(24)5-3-4-12-22-20(21)25/h6-11,13H,3-5,12H2,1-2H3,(H,23,24)(H3,21,22,25). The molecule has 0 saturated heterocycles. The van der Waals surface area contributed by atoms with Gasteiger partial charge in [0.05, 0.1) is 0 Å². The van der Waals surface area contributed by atoms with E-state index >= 15 is 0 Å². The first kappa shape index (κ1) is 19.8. The highest BCUT2D eigenvalue weighted by atomic mass is 32.2. The molecule has 2 rings (SSSR count). The minimum Gasteiger partial charge on any atom is -0.352 e. The lowest BCUT2D eigenvalue weighted by molar-refractivity contribution is -0.116. The number of nitrogens with two attached hydrogens (primary N) is 1. The number of anilines is 1. The van der Waals surface area contributed by atoms with E-state index < -0.39 is 6.03 Å². The van der Waals surface area contributed by atoms with Crippen LogP contribution < -0.4 is 16.4 Å². The van der Waals surface area contributed by atoms with Crippen molar-refractivity contribution in [1.82, 2.24) is 5.32 Å². The van der Waals surface area contributed by atoms with E-state index in [4.69, 9.17) is 5.73 Å². The highest BCUT2D eigenvalue weighted by molar-refractivity contribution is 7.99. The molecule has 3 amide bonds. The van der Waals surface area contributed by atoms with Crippen LogP contribution in [0.5, 0.6) is 0 Å². The normalized spacial score (nSPS) is 10.4. The van der Waals surface area contributed by atoms with Gasteiger partial charge < -0.3 is 16.4 Å². The molecule has 0 atom stereocenters. The third-order valence-corrected chi connectivity index (χ3v) is 4.98. The monoisotopic (exact) mass is 371 g/mol. The molecule has 6 heteroatoms. The van der Waals surface area contributed by atoms with Crippen LogP contribution in [-0.4, -0.2) is 18.5 Å². The molecule has 0 radical (unpaired) electrons. The lowest BCUT2D eigenvalue weighted by atomic mass is 10.1. The lowest BCUT2D eigenvalue weighted by Crippen LogP contribution is -2.30. The molecule has 0 spiro atoms. The summed E-state index contributed by atoms with van der Waals surface area (Å²) in [6.45, 7) is 4.71. The van der Waals surface area contributed by atoms with Crippen LogP contribution in [0.3, 0.4) is 0 Å². The summed E-state index contributed by atoms with van der Waals surface area (Å²) in [4.78, 5) is 24.8. The number of urea groups is 1. The van der Waals surface area contributed by atoms with E-state index in [9.17, 15) is 9.59 Å².